The minimum Gasteiger partial charge on any atom is -0.399 e. The van der Waals surface area contributed by atoms with E-state index >= 15 is 0 Å². The molecule has 5 heteroatoms. The summed E-state index contributed by atoms with van der Waals surface area (Å²) in [5.41, 5.74) is 7.70. The van der Waals surface area contributed by atoms with Crippen molar-refractivity contribution in [3.63, 3.8) is 0 Å². The second kappa shape index (κ2) is 7.82. The first-order valence-corrected chi connectivity index (χ1v) is 8.00. The van der Waals surface area contributed by atoms with Crippen molar-refractivity contribution < 1.29 is 9.59 Å². The predicted octanol–water partition coefficient (Wildman–Crippen LogP) is 2.15. The maximum absolute atomic E-state index is 12.1. The molecule has 22 heavy (non-hydrogen) atoms. The lowest BCUT2D eigenvalue weighted by Gasteiger charge is -2.22. The number of amides is 2. The number of nitrogen functional groups attached to an aromatic ring is 1. The molecule has 0 bridgehead atoms. The van der Waals surface area contributed by atoms with Gasteiger partial charge in [0, 0.05) is 30.3 Å². The average Bonchev–Trinajstić information content (AvgIpc) is 2.50. The molecule has 0 radical (unpaired) electrons. The lowest BCUT2D eigenvalue weighted by Crippen LogP contribution is -2.38. The zero-order chi connectivity index (χ0) is 15.9. The van der Waals surface area contributed by atoms with Gasteiger partial charge in [0.1, 0.15) is 0 Å². The van der Waals surface area contributed by atoms with E-state index in [-0.39, 0.29) is 11.8 Å². The molecule has 1 aliphatic carbocycles. The van der Waals surface area contributed by atoms with Crippen LogP contribution in [0, 0.1) is 6.92 Å². The molecule has 2 amide bonds. The fraction of sp³-hybridized carbons (Fsp3) is 0.529. The van der Waals surface area contributed by atoms with Crippen molar-refractivity contribution in [2.45, 2.75) is 51.5 Å². The number of rotatable bonds is 5. The molecule has 2 rings (SSSR count). The highest BCUT2D eigenvalue weighted by Gasteiger charge is 2.15. The van der Waals surface area contributed by atoms with Crippen LogP contribution in [0.25, 0.3) is 0 Å². The molecule has 4 N–H and O–H groups in total. The van der Waals surface area contributed by atoms with E-state index in [4.69, 9.17) is 5.73 Å². The lowest BCUT2D eigenvalue weighted by molar-refractivity contribution is -0.121. The van der Waals surface area contributed by atoms with Crippen LogP contribution in [0.4, 0.5) is 5.69 Å². The largest absolute Gasteiger partial charge is 0.399 e. The molecular weight excluding hydrogens is 278 g/mol. The first kappa shape index (κ1) is 16.3. The van der Waals surface area contributed by atoms with Gasteiger partial charge in [0.25, 0.3) is 5.91 Å². The van der Waals surface area contributed by atoms with Crippen LogP contribution in [0.5, 0.6) is 0 Å². The van der Waals surface area contributed by atoms with Crippen molar-refractivity contribution in [1.82, 2.24) is 10.6 Å². The summed E-state index contributed by atoms with van der Waals surface area (Å²) in [6.45, 7) is 2.20. The van der Waals surface area contributed by atoms with Crippen LogP contribution in [0.1, 0.15) is 54.4 Å². The molecule has 0 spiro atoms. The summed E-state index contributed by atoms with van der Waals surface area (Å²) in [6.07, 6.45) is 6.10. The highest BCUT2D eigenvalue weighted by Crippen LogP contribution is 2.17. The third-order valence-corrected chi connectivity index (χ3v) is 4.11. The molecule has 0 atom stereocenters. The number of benzene rings is 1. The van der Waals surface area contributed by atoms with E-state index in [1.165, 1.54) is 19.3 Å². The average molecular weight is 303 g/mol. The monoisotopic (exact) mass is 303 g/mol. The van der Waals surface area contributed by atoms with Gasteiger partial charge >= 0.3 is 0 Å². The molecule has 1 aliphatic rings. The Hall–Kier alpha value is -2.04. The normalized spacial score (nSPS) is 15.3. The quantitative estimate of drug-likeness (QED) is 0.729. The smallest absolute Gasteiger partial charge is 0.251 e. The second-order valence-corrected chi connectivity index (χ2v) is 5.98. The Morgan fingerprint density at radius 2 is 1.95 bits per heavy atom. The van der Waals surface area contributed by atoms with E-state index in [9.17, 15) is 9.59 Å². The van der Waals surface area contributed by atoms with Crippen LogP contribution in [0.3, 0.4) is 0 Å². The van der Waals surface area contributed by atoms with Gasteiger partial charge in [-0.2, -0.15) is 0 Å². The van der Waals surface area contributed by atoms with Gasteiger partial charge in [-0.15, -0.1) is 0 Å². The van der Waals surface area contributed by atoms with Gasteiger partial charge in [-0.1, -0.05) is 25.3 Å². The number of hydrogen-bond donors (Lipinski definition) is 3. The molecule has 1 fully saturated rings. The van der Waals surface area contributed by atoms with E-state index in [0.29, 0.717) is 30.3 Å². The third kappa shape index (κ3) is 4.76. The molecule has 1 aromatic rings. The number of carbonyl (C=O) groups is 2. The van der Waals surface area contributed by atoms with Crippen molar-refractivity contribution in [1.29, 1.82) is 0 Å². The number of anilines is 1. The van der Waals surface area contributed by atoms with Crippen molar-refractivity contribution in [3.8, 4) is 0 Å². The zero-order valence-corrected chi connectivity index (χ0v) is 13.2. The van der Waals surface area contributed by atoms with Crippen LogP contribution in [-0.4, -0.2) is 24.4 Å². The number of hydrogen-bond acceptors (Lipinski definition) is 3. The Morgan fingerprint density at radius 1 is 1.23 bits per heavy atom. The van der Waals surface area contributed by atoms with Crippen molar-refractivity contribution >= 4 is 17.5 Å². The molecule has 0 heterocycles. The fourth-order valence-electron chi connectivity index (χ4n) is 2.82. The van der Waals surface area contributed by atoms with Crippen LogP contribution < -0.4 is 16.4 Å². The maximum Gasteiger partial charge on any atom is 0.251 e. The van der Waals surface area contributed by atoms with Gasteiger partial charge in [0.05, 0.1) is 0 Å². The van der Waals surface area contributed by atoms with E-state index in [1.54, 1.807) is 12.1 Å². The molecule has 1 saturated carbocycles. The number of nitrogens with two attached hydrogens (primary N) is 1. The van der Waals surface area contributed by atoms with Crippen LogP contribution in [-0.2, 0) is 4.79 Å². The SMILES string of the molecule is Cc1ccc(N)cc1C(=O)NCCC(=O)NC1CCCCC1. The fourth-order valence-corrected chi connectivity index (χ4v) is 2.82. The molecule has 0 unspecified atom stereocenters. The molecule has 1 aromatic carbocycles. The lowest BCUT2D eigenvalue weighted by atomic mass is 9.95. The van der Waals surface area contributed by atoms with E-state index in [2.05, 4.69) is 10.6 Å². The van der Waals surface area contributed by atoms with E-state index in [1.807, 2.05) is 13.0 Å². The zero-order valence-electron chi connectivity index (χ0n) is 13.2. The van der Waals surface area contributed by atoms with Crippen molar-refractivity contribution in [2.75, 3.05) is 12.3 Å². The van der Waals surface area contributed by atoms with Gasteiger partial charge in [0.2, 0.25) is 5.91 Å². The van der Waals surface area contributed by atoms with Gasteiger partial charge in [0.15, 0.2) is 0 Å². The predicted molar refractivity (Wildman–Crippen MR) is 87.6 cm³/mol. The van der Waals surface area contributed by atoms with Crippen molar-refractivity contribution in [3.05, 3.63) is 29.3 Å². The summed E-state index contributed by atoms with van der Waals surface area (Å²) in [4.78, 5) is 24.0. The Balaban J connectivity index is 1.74. The summed E-state index contributed by atoms with van der Waals surface area (Å²) < 4.78 is 0. The van der Waals surface area contributed by atoms with E-state index in [0.717, 1.165) is 18.4 Å². The van der Waals surface area contributed by atoms with Crippen molar-refractivity contribution in [2.24, 2.45) is 0 Å². The number of aryl methyl sites for hydroxylation is 1. The van der Waals surface area contributed by atoms with Gasteiger partial charge in [-0.25, -0.2) is 0 Å². The van der Waals surface area contributed by atoms with E-state index < -0.39 is 0 Å². The Bertz CT molecular complexity index is 537. The molecular formula is C17H25N3O2. The summed E-state index contributed by atoms with van der Waals surface area (Å²) in [5, 5.41) is 5.82. The van der Waals surface area contributed by atoms with Crippen LogP contribution in [0.15, 0.2) is 18.2 Å². The Kier molecular flexibility index (Phi) is 5.81. The number of carbonyl (C=O) groups excluding carboxylic acids is 2. The standard InChI is InChI=1S/C17H25N3O2/c1-12-7-8-13(18)11-15(12)17(22)19-10-9-16(21)20-14-5-3-2-4-6-14/h7-8,11,14H,2-6,9-10,18H2,1H3,(H,19,22)(H,20,21). The number of nitrogens with one attached hydrogen (secondary N) is 2. The van der Waals surface area contributed by atoms with Gasteiger partial charge in [-0.3, -0.25) is 9.59 Å². The van der Waals surface area contributed by atoms with Crippen LogP contribution >= 0.6 is 0 Å². The maximum atomic E-state index is 12.1. The topological polar surface area (TPSA) is 84.2 Å². The molecule has 0 saturated heterocycles. The third-order valence-electron chi connectivity index (χ3n) is 4.11. The molecule has 120 valence electrons. The minimum absolute atomic E-state index is 0.0106. The summed E-state index contributed by atoms with van der Waals surface area (Å²) >= 11 is 0. The molecule has 0 aliphatic heterocycles. The summed E-state index contributed by atoms with van der Waals surface area (Å²) in [7, 11) is 0. The first-order valence-electron chi connectivity index (χ1n) is 8.00. The molecule has 5 nitrogen and oxygen atoms in total. The highest BCUT2D eigenvalue weighted by atomic mass is 16.2. The van der Waals surface area contributed by atoms with Gasteiger partial charge < -0.3 is 16.4 Å². The molecule has 0 aromatic heterocycles. The first-order chi connectivity index (χ1) is 10.6. The van der Waals surface area contributed by atoms with Crippen LogP contribution in [0.2, 0.25) is 0 Å². The summed E-state index contributed by atoms with van der Waals surface area (Å²) in [5.74, 6) is -0.174. The Morgan fingerprint density at radius 3 is 2.68 bits per heavy atom. The summed E-state index contributed by atoms with van der Waals surface area (Å²) in [6, 6.07) is 5.56. The van der Waals surface area contributed by atoms with Gasteiger partial charge in [-0.05, 0) is 37.5 Å². The Labute approximate surface area is 131 Å². The highest BCUT2D eigenvalue weighted by molar-refractivity contribution is 5.96. The second-order valence-electron chi connectivity index (χ2n) is 5.98. The minimum atomic E-state index is -0.185.